The normalized spacial score (nSPS) is 25.1. The van der Waals surface area contributed by atoms with Crippen molar-refractivity contribution < 1.29 is 17.9 Å². The first kappa shape index (κ1) is 16.6. The van der Waals surface area contributed by atoms with Gasteiger partial charge in [0.25, 0.3) is 10.2 Å². The van der Waals surface area contributed by atoms with Gasteiger partial charge in [0.05, 0.1) is 12.2 Å². The van der Waals surface area contributed by atoms with Gasteiger partial charge in [-0.25, -0.2) is 4.98 Å². The highest BCUT2D eigenvalue weighted by Gasteiger charge is 2.45. The van der Waals surface area contributed by atoms with E-state index in [9.17, 15) is 8.42 Å². The average molecular weight is 341 g/mol. The summed E-state index contributed by atoms with van der Waals surface area (Å²) in [4.78, 5) is 4.17. The van der Waals surface area contributed by atoms with E-state index in [1.165, 1.54) is 8.61 Å². The molecule has 0 aromatic carbocycles. The molecule has 1 spiro atoms. The Kier molecular flexibility index (Phi) is 4.59. The second-order valence-electron chi connectivity index (χ2n) is 6.30. The predicted molar refractivity (Wildman–Crippen MR) is 85.4 cm³/mol. The van der Waals surface area contributed by atoms with Gasteiger partial charge in [-0.2, -0.15) is 17.0 Å². The second-order valence-corrected chi connectivity index (χ2v) is 8.44. The number of hydrogen-bond acceptors (Lipinski definition) is 5. The van der Waals surface area contributed by atoms with E-state index in [0.29, 0.717) is 38.4 Å². The Bertz CT molecular complexity index is 627. The topological polar surface area (TPSA) is 72.0 Å². The summed E-state index contributed by atoms with van der Waals surface area (Å²) in [6.07, 6.45) is 3.84. The van der Waals surface area contributed by atoms with Crippen molar-refractivity contribution in [2.45, 2.75) is 31.0 Å². The molecule has 2 saturated heterocycles. The SMILES string of the molecule is CN(C)S(=O)(=O)N1CCC2(CC1)C[C@@H](Oc1ccccn1)CO2. The molecule has 1 aromatic heterocycles. The first-order chi connectivity index (χ1) is 10.9. The van der Waals surface area contributed by atoms with Gasteiger partial charge in [0.15, 0.2) is 0 Å². The zero-order chi connectivity index (χ0) is 16.5. The lowest BCUT2D eigenvalue weighted by atomic mass is 9.89. The van der Waals surface area contributed by atoms with Gasteiger partial charge in [0, 0.05) is 45.9 Å². The minimum Gasteiger partial charge on any atom is -0.472 e. The van der Waals surface area contributed by atoms with E-state index in [1.807, 2.05) is 18.2 Å². The fourth-order valence-corrected chi connectivity index (χ4v) is 4.28. The predicted octanol–water partition coefficient (Wildman–Crippen LogP) is 0.890. The summed E-state index contributed by atoms with van der Waals surface area (Å²) < 4.78 is 39.0. The number of piperidine rings is 1. The molecule has 0 saturated carbocycles. The van der Waals surface area contributed by atoms with E-state index in [2.05, 4.69) is 4.98 Å². The maximum atomic E-state index is 12.2. The van der Waals surface area contributed by atoms with Crippen LogP contribution in [-0.2, 0) is 14.9 Å². The van der Waals surface area contributed by atoms with Gasteiger partial charge in [0.1, 0.15) is 6.10 Å². The summed E-state index contributed by atoms with van der Waals surface area (Å²) in [5.41, 5.74) is -0.266. The molecule has 2 aliphatic rings. The van der Waals surface area contributed by atoms with Gasteiger partial charge in [-0.3, -0.25) is 0 Å². The van der Waals surface area contributed by atoms with Crippen LogP contribution in [0.5, 0.6) is 5.88 Å². The van der Waals surface area contributed by atoms with E-state index in [1.54, 1.807) is 20.3 Å². The summed E-state index contributed by atoms with van der Waals surface area (Å²) >= 11 is 0. The highest BCUT2D eigenvalue weighted by Crippen LogP contribution is 2.37. The van der Waals surface area contributed by atoms with E-state index < -0.39 is 10.2 Å². The molecule has 2 fully saturated rings. The molecular weight excluding hydrogens is 318 g/mol. The third-order valence-corrected chi connectivity index (χ3v) is 6.46. The Morgan fingerprint density at radius 2 is 2.09 bits per heavy atom. The molecule has 23 heavy (non-hydrogen) atoms. The lowest BCUT2D eigenvalue weighted by Gasteiger charge is -2.38. The smallest absolute Gasteiger partial charge is 0.281 e. The molecule has 0 aliphatic carbocycles. The first-order valence-electron chi connectivity index (χ1n) is 7.81. The molecule has 0 amide bonds. The van der Waals surface area contributed by atoms with Crippen molar-refractivity contribution in [2.24, 2.45) is 0 Å². The van der Waals surface area contributed by atoms with Crippen molar-refractivity contribution in [3.8, 4) is 5.88 Å². The van der Waals surface area contributed by atoms with E-state index in [0.717, 1.165) is 6.42 Å². The Balaban J connectivity index is 1.57. The number of ether oxygens (including phenoxy) is 2. The fourth-order valence-electron chi connectivity index (χ4n) is 3.17. The van der Waals surface area contributed by atoms with Crippen molar-refractivity contribution in [1.29, 1.82) is 0 Å². The third kappa shape index (κ3) is 3.50. The molecule has 2 aliphatic heterocycles. The Hall–Kier alpha value is -1.22. The van der Waals surface area contributed by atoms with E-state index in [4.69, 9.17) is 9.47 Å². The number of rotatable bonds is 4. The van der Waals surface area contributed by atoms with Gasteiger partial charge in [-0.15, -0.1) is 0 Å². The number of pyridine rings is 1. The molecule has 0 bridgehead atoms. The largest absolute Gasteiger partial charge is 0.472 e. The van der Waals surface area contributed by atoms with E-state index >= 15 is 0 Å². The van der Waals surface area contributed by atoms with Gasteiger partial charge in [0.2, 0.25) is 5.88 Å². The van der Waals surface area contributed by atoms with Crippen LogP contribution >= 0.6 is 0 Å². The lowest BCUT2D eigenvalue weighted by molar-refractivity contribution is -0.0325. The number of hydrogen-bond donors (Lipinski definition) is 0. The molecule has 0 N–H and O–H groups in total. The zero-order valence-electron chi connectivity index (χ0n) is 13.5. The Labute approximate surface area is 137 Å². The quantitative estimate of drug-likeness (QED) is 0.813. The van der Waals surface area contributed by atoms with Crippen molar-refractivity contribution in [1.82, 2.24) is 13.6 Å². The molecule has 1 aromatic rings. The van der Waals surface area contributed by atoms with Gasteiger partial charge >= 0.3 is 0 Å². The molecule has 0 unspecified atom stereocenters. The maximum Gasteiger partial charge on any atom is 0.281 e. The van der Waals surface area contributed by atoms with Crippen LogP contribution in [-0.4, -0.2) is 67.5 Å². The van der Waals surface area contributed by atoms with Gasteiger partial charge in [-0.1, -0.05) is 6.07 Å². The van der Waals surface area contributed by atoms with Crippen LogP contribution < -0.4 is 4.74 Å². The maximum absolute atomic E-state index is 12.2. The summed E-state index contributed by atoms with van der Waals surface area (Å²) in [6, 6.07) is 5.57. The lowest BCUT2D eigenvalue weighted by Crippen LogP contribution is -2.49. The molecule has 1 atom stereocenters. The first-order valence-corrected chi connectivity index (χ1v) is 9.20. The molecule has 3 rings (SSSR count). The third-order valence-electron chi connectivity index (χ3n) is 4.52. The van der Waals surface area contributed by atoms with Gasteiger partial charge in [-0.05, 0) is 18.9 Å². The summed E-state index contributed by atoms with van der Waals surface area (Å²) in [6.45, 7) is 1.49. The van der Waals surface area contributed by atoms with Gasteiger partial charge < -0.3 is 9.47 Å². The van der Waals surface area contributed by atoms with Crippen LogP contribution in [0.4, 0.5) is 0 Å². The highest BCUT2D eigenvalue weighted by molar-refractivity contribution is 7.86. The standard InChI is InChI=1S/C15H23N3O4S/c1-17(2)23(19,20)18-9-6-15(7-10-18)11-13(12-21-15)22-14-5-3-4-8-16-14/h3-5,8,13H,6-7,9-12H2,1-2H3/t13-/m1/s1. The minimum absolute atomic E-state index is 0.0260. The molecular formula is C15H23N3O4S. The van der Waals surface area contributed by atoms with Crippen molar-refractivity contribution in [3.05, 3.63) is 24.4 Å². The van der Waals surface area contributed by atoms with E-state index in [-0.39, 0.29) is 11.7 Å². The number of nitrogens with zero attached hydrogens (tertiary/aromatic N) is 3. The molecule has 0 radical (unpaired) electrons. The summed E-state index contributed by atoms with van der Waals surface area (Å²) in [7, 11) is -0.222. The molecule has 8 heteroatoms. The highest BCUT2D eigenvalue weighted by atomic mass is 32.2. The van der Waals surface area contributed by atoms with Crippen molar-refractivity contribution >= 4 is 10.2 Å². The van der Waals surface area contributed by atoms with Crippen LogP contribution in [0.15, 0.2) is 24.4 Å². The monoisotopic (exact) mass is 341 g/mol. The molecule has 7 nitrogen and oxygen atoms in total. The van der Waals surface area contributed by atoms with Crippen LogP contribution in [0.1, 0.15) is 19.3 Å². The summed E-state index contributed by atoms with van der Waals surface area (Å²) in [5.74, 6) is 0.603. The average Bonchev–Trinajstić information content (AvgIpc) is 2.91. The Morgan fingerprint density at radius 3 is 2.70 bits per heavy atom. The summed E-state index contributed by atoms with van der Waals surface area (Å²) in [5, 5.41) is 0. The van der Waals surface area contributed by atoms with Crippen LogP contribution in [0.2, 0.25) is 0 Å². The molecule has 3 heterocycles. The van der Waals surface area contributed by atoms with Crippen molar-refractivity contribution in [2.75, 3.05) is 33.8 Å². The number of aromatic nitrogens is 1. The second kappa shape index (κ2) is 6.35. The zero-order valence-corrected chi connectivity index (χ0v) is 14.3. The van der Waals surface area contributed by atoms with Crippen LogP contribution in [0, 0.1) is 0 Å². The Morgan fingerprint density at radius 1 is 1.35 bits per heavy atom. The minimum atomic E-state index is -3.34. The fraction of sp³-hybridized carbons (Fsp3) is 0.667. The molecule has 128 valence electrons. The van der Waals surface area contributed by atoms with Crippen molar-refractivity contribution in [3.63, 3.8) is 0 Å². The van der Waals surface area contributed by atoms with Crippen LogP contribution in [0.3, 0.4) is 0 Å². The van der Waals surface area contributed by atoms with Crippen LogP contribution in [0.25, 0.3) is 0 Å².